The molecule has 0 atom stereocenters. The van der Waals surface area contributed by atoms with Crippen molar-refractivity contribution in [1.29, 1.82) is 0 Å². The van der Waals surface area contributed by atoms with Gasteiger partial charge in [0.1, 0.15) is 27.7 Å². The molecule has 3 rings (SSSR count). The number of para-hydroxylation sites is 1. The quantitative estimate of drug-likeness (QED) is 0.282. The summed E-state index contributed by atoms with van der Waals surface area (Å²) in [6.07, 6.45) is 0.995. The molecule has 7 nitrogen and oxygen atoms in total. The van der Waals surface area contributed by atoms with Crippen LogP contribution in [-0.2, 0) is 38.3 Å². The van der Waals surface area contributed by atoms with E-state index in [0.29, 0.717) is 40.2 Å². The van der Waals surface area contributed by atoms with Gasteiger partial charge in [0.05, 0.1) is 6.42 Å². The third kappa shape index (κ3) is 9.26. The van der Waals surface area contributed by atoms with Crippen molar-refractivity contribution in [1.82, 2.24) is 4.98 Å². The van der Waals surface area contributed by atoms with Crippen LogP contribution in [0.1, 0.15) is 81.4 Å². The zero-order valence-corrected chi connectivity index (χ0v) is 25.0. The highest BCUT2D eigenvalue weighted by atomic mass is 32.1. The number of aromatic nitrogens is 1. The number of carbonyl (C=O) groups excluding carboxylic acids is 3. The first-order chi connectivity index (χ1) is 18.6. The molecule has 0 aliphatic rings. The minimum Gasteiger partial charge on any atom is -0.460 e. The molecule has 0 spiro atoms. The van der Waals surface area contributed by atoms with Crippen molar-refractivity contribution in [3.05, 3.63) is 70.0 Å². The summed E-state index contributed by atoms with van der Waals surface area (Å²) < 4.78 is 25.3. The zero-order chi connectivity index (χ0) is 29.7. The van der Waals surface area contributed by atoms with Crippen LogP contribution in [0.4, 0.5) is 10.1 Å². The Bertz CT molecular complexity index is 1390. The summed E-state index contributed by atoms with van der Waals surface area (Å²) >= 11 is 1.32. The predicted molar refractivity (Wildman–Crippen MR) is 155 cm³/mol. The summed E-state index contributed by atoms with van der Waals surface area (Å²) in [7, 11) is 0. The van der Waals surface area contributed by atoms with Crippen LogP contribution < -0.4 is 5.32 Å². The molecular weight excluding hydrogens is 531 g/mol. The van der Waals surface area contributed by atoms with Crippen molar-refractivity contribution >= 4 is 34.9 Å². The van der Waals surface area contributed by atoms with E-state index in [1.165, 1.54) is 23.5 Å². The second-order valence-corrected chi connectivity index (χ2v) is 12.5. The van der Waals surface area contributed by atoms with E-state index in [0.717, 1.165) is 4.88 Å². The lowest BCUT2D eigenvalue weighted by atomic mass is 10.1. The smallest absolute Gasteiger partial charge is 0.310 e. The molecule has 1 heterocycles. The first-order valence-corrected chi connectivity index (χ1v) is 14.1. The highest BCUT2D eigenvalue weighted by molar-refractivity contribution is 7.15. The van der Waals surface area contributed by atoms with E-state index in [1.807, 2.05) is 6.92 Å². The SMILES string of the molecule is CCc1sc(-c2cc(F)cc(CCC(=O)OC(C)(C)C)c2)nc1C(=O)Nc1ccccc1CC(=O)OC(C)(C)C. The maximum absolute atomic E-state index is 14.5. The van der Waals surface area contributed by atoms with Crippen LogP contribution in [0.2, 0.25) is 0 Å². The van der Waals surface area contributed by atoms with E-state index in [4.69, 9.17) is 9.47 Å². The Balaban J connectivity index is 1.80. The molecule has 9 heteroatoms. The van der Waals surface area contributed by atoms with Gasteiger partial charge >= 0.3 is 11.9 Å². The van der Waals surface area contributed by atoms with Crippen molar-refractivity contribution in [2.45, 2.75) is 85.4 Å². The number of benzene rings is 2. The minimum absolute atomic E-state index is 0.00599. The van der Waals surface area contributed by atoms with Crippen molar-refractivity contribution in [2.24, 2.45) is 0 Å². The fourth-order valence-corrected chi connectivity index (χ4v) is 4.95. The number of aryl methyl sites for hydroxylation is 2. The van der Waals surface area contributed by atoms with E-state index < -0.39 is 28.9 Å². The van der Waals surface area contributed by atoms with E-state index in [2.05, 4.69) is 10.3 Å². The summed E-state index contributed by atoms with van der Waals surface area (Å²) in [4.78, 5) is 43.2. The Hall–Kier alpha value is -3.59. The van der Waals surface area contributed by atoms with Crippen molar-refractivity contribution in [2.75, 3.05) is 5.32 Å². The van der Waals surface area contributed by atoms with Gasteiger partial charge in [-0.2, -0.15) is 0 Å². The van der Waals surface area contributed by atoms with Crippen LogP contribution in [0.3, 0.4) is 0 Å². The second-order valence-electron chi connectivity index (χ2n) is 11.5. The standard InChI is InChI=1S/C31H37FN2O5S/c1-8-24-27(28(37)33-23-12-10-9-11-20(23)18-26(36)39-31(5,6)7)34-29(40-24)21-15-19(16-22(32)17-21)13-14-25(35)38-30(2,3)4/h9-12,15-17H,8,13-14,18H2,1-7H3,(H,33,37). The molecule has 0 aliphatic carbocycles. The maximum atomic E-state index is 14.5. The first kappa shape index (κ1) is 30.9. The number of hydrogen-bond acceptors (Lipinski definition) is 7. The van der Waals surface area contributed by atoms with Gasteiger partial charge in [-0.3, -0.25) is 14.4 Å². The van der Waals surface area contributed by atoms with Crippen LogP contribution in [-0.4, -0.2) is 34.0 Å². The fraction of sp³-hybridized carbons (Fsp3) is 0.419. The minimum atomic E-state index is -0.616. The van der Waals surface area contributed by atoms with Crippen molar-refractivity contribution in [3.63, 3.8) is 0 Å². The number of halogens is 1. The Labute approximate surface area is 239 Å². The lowest BCUT2D eigenvalue weighted by Crippen LogP contribution is -2.25. The van der Waals surface area contributed by atoms with Gasteiger partial charge in [-0.15, -0.1) is 11.3 Å². The molecular formula is C31H37FN2O5S. The number of amides is 1. The molecule has 0 aliphatic heterocycles. The van der Waals surface area contributed by atoms with Crippen LogP contribution in [0.15, 0.2) is 42.5 Å². The monoisotopic (exact) mass is 568 g/mol. The average molecular weight is 569 g/mol. The Kier molecular flexibility index (Phi) is 9.84. The summed E-state index contributed by atoms with van der Waals surface area (Å²) in [5, 5.41) is 3.38. The number of esters is 2. The van der Waals surface area contributed by atoms with Gasteiger partial charge in [-0.05, 0) is 89.8 Å². The maximum Gasteiger partial charge on any atom is 0.310 e. The van der Waals surface area contributed by atoms with E-state index in [1.54, 1.807) is 71.9 Å². The third-order valence-electron chi connectivity index (χ3n) is 5.50. The van der Waals surface area contributed by atoms with Crippen molar-refractivity contribution in [3.8, 4) is 10.6 Å². The molecule has 0 unspecified atom stereocenters. The zero-order valence-electron chi connectivity index (χ0n) is 24.1. The molecule has 1 aromatic heterocycles. The largest absolute Gasteiger partial charge is 0.460 e. The third-order valence-corrected chi connectivity index (χ3v) is 6.75. The normalized spacial score (nSPS) is 11.7. The summed E-state index contributed by atoms with van der Waals surface area (Å²) in [6.45, 7) is 12.7. The van der Waals surface area contributed by atoms with Crippen LogP contribution in [0, 0.1) is 5.82 Å². The molecule has 40 heavy (non-hydrogen) atoms. The Morgan fingerprint density at radius 2 is 1.60 bits per heavy atom. The van der Waals surface area contributed by atoms with E-state index in [-0.39, 0.29) is 24.5 Å². The summed E-state index contributed by atoms with van der Waals surface area (Å²) in [5.41, 5.74) is 1.32. The number of anilines is 1. The predicted octanol–water partition coefficient (Wildman–Crippen LogP) is 6.92. The number of nitrogens with one attached hydrogen (secondary N) is 1. The van der Waals surface area contributed by atoms with E-state index in [9.17, 15) is 18.8 Å². The molecule has 0 fully saturated rings. The summed E-state index contributed by atoms with van der Waals surface area (Å²) in [6, 6.07) is 11.6. The van der Waals surface area contributed by atoms with Gasteiger partial charge in [-0.25, -0.2) is 9.37 Å². The van der Waals surface area contributed by atoms with E-state index >= 15 is 0 Å². The Morgan fingerprint density at radius 1 is 0.950 bits per heavy atom. The molecule has 3 aromatic rings. The Morgan fingerprint density at radius 3 is 2.25 bits per heavy atom. The van der Waals surface area contributed by atoms with Crippen LogP contribution >= 0.6 is 11.3 Å². The average Bonchev–Trinajstić information content (AvgIpc) is 3.26. The molecule has 2 aromatic carbocycles. The molecule has 0 saturated heterocycles. The number of thiazole rings is 1. The van der Waals surface area contributed by atoms with Gasteiger partial charge in [-0.1, -0.05) is 25.1 Å². The number of nitrogens with zero attached hydrogens (tertiary/aromatic N) is 1. The number of rotatable bonds is 9. The van der Waals surface area contributed by atoms with Gasteiger partial charge < -0.3 is 14.8 Å². The topological polar surface area (TPSA) is 94.6 Å². The molecule has 1 N–H and O–H groups in total. The van der Waals surface area contributed by atoms with Gasteiger partial charge in [0.15, 0.2) is 0 Å². The van der Waals surface area contributed by atoms with Gasteiger partial charge in [0, 0.05) is 22.5 Å². The molecule has 1 amide bonds. The van der Waals surface area contributed by atoms with Crippen molar-refractivity contribution < 1.29 is 28.2 Å². The van der Waals surface area contributed by atoms with Gasteiger partial charge in [0.25, 0.3) is 5.91 Å². The number of ether oxygens (including phenoxy) is 2. The van der Waals surface area contributed by atoms with Crippen LogP contribution in [0.5, 0.6) is 0 Å². The fourth-order valence-electron chi connectivity index (χ4n) is 3.96. The van der Waals surface area contributed by atoms with Gasteiger partial charge in [0.2, 0.25) is 0 Å². The molecule has 0 bridgehead atoms. The number of carbonyl (C=O) groups is 3. The summed E-state index contributed by atoms with van der Waals surface area (Å²) in [5.74, 6) is -1.62. The molecule has 214 valence electrons. The second kappa shape index (κ2) is 12.7. The lowest BCUT2D eigenvalue weighted by Gasteiger charge is -2.20. The highest BCUT2D eigenvalue weighted by Gasteiger charge is 2.22. The highest BCUT2D eigenvalue weighted by Crippen LogP contribution is 2.31. The van der Waals surface area contributed by atoms with Crippen LogP contribution in [0.25, 0.3) is 10.6 Å². The first-order valence-electron chi connectivity index (χ1n) is 13.3. The lowest BCUT2D eigenvalue weighted by molar-refractivity contribution is -0.155. The number of hydrogen-bond donors (Lipinski definition) is 1. The molecule has 0 radical (unpaired) electrons. The molecule has 0 saturated carbocycles.